The third-order valence-corrected chi connectivity index (χ3v) is 5.75. The van der Waals surface area contributed by atoms with Gasteiger partial charge < -0.3 is 5.32 Å². The molecule has 2 N–H and O–H groups in total. The van der Waals surface area contributed by atoms with Gasteiger partial charge in [0.25, 0.3) is 0 Å². The molecule has 0 radical (unpaired) electrons. The molecule has 26 heavy (non-hydrogen) atoms. The summed E-state index contributed by atoms with van der Waals surface area (Å²) in [6.07, 6.45) is 2.27. The van der Waals surface area contributed by atoms with Gasteiger partial charge in [0.1, 0.15) is 5.54 Å². The number of hydrogen-bond acceptors (Lipinski definition) is 4. The number of fused-ring (bicyclic) bond motifs is 4. The number of carbonyl (C=O) groups is 3. The van der Waals surface area contributed by atoms with E-state index in [-0.39, 0.29) is 30.3 Å². The summed E-state index contributed by atoms with van der Waals surface area (Å²) in [6, 6.07) is 7.18. The van der Waals surface area contributed by atoms with Gasteiger partial charge in [-0.15, -0.1) is 6.58 Å². The lowest BCUT2D eigenvalue weighted by Gasteiger charge is -2.29. The molecule has 1 spiro atoms. The minimum Gasteiger partial charge on any atom is -0.324 e. The van der Waals surface area contributed by atoms with E-state index in [9.17, 15) is 14.4 Å². The number of hydrogen-bond donors (Lipinski definition) is 2. The van der Waals surface area contributed by atoms with Gasteiger partial charge in [-0.25, -0.2) is 0 Å². The number of carbonyl (C=O) groups excluding carboxylic acids is 3. The Balaban J connectivity index is 1.87. The molecule has 1 aromatic rings. The second kappa shape index (κ2) is 5.77. The summed E-state index contributed by atoms with van der Waals surface area (Å²) in [6.45, 7) is 7.99. The predicted octanol–water partition coefficient (Wildman–Crippen LogP) is 1.64. The summed E-state index contributed by atoms with van der Waals surface area (Å²) in [5, 5.41) is 6.32. The van der Waals surface area contributed by atoms with E-state index in [0.717, 1.165) is 12.0 Å². The summed E-state index contributed by atoms with van der Waals surface area (Å²) >= 11 is 0. The van der Waals surface area contributed by atoms with Crippen molar-refractivity contribution in [3.8, 4) is 0 Å². The van der Waals surface area contributed by atoms with Gasteiger partial charge in [0.05, 0.1) is 11.8 Å². The molecule has 0 saturated carbocycles. The Morgan fingerprint density at radius 1 is 1.23 bits per heavy atom. The standard InChI is InChI=1S/C20H23N3O3/c1-4-9-23-17(24)15-14(10-11(2)3)22-20(16(15)18(23)25)12-7-5-6-8-13(12)21-19(20)26/h4-8,11,14-16,22H,1,9-10H2,2-3H3,(H,21,26)/t14-,15+,16-,20+/m0/s1. The van der Waals surface area contributed by atoms with Gasteiger partial charge in [0, 0.05) is 23.8 Å². The number of amides is 3. The first-order chi connectivity index (χ1) is 12.4. The van der Waals surface area contributed by atoms with Crippen LogP contribution in [0.5, 0.6) is 0 Å². The first kappa shape index (κ1) is 17.0. The van der Waals surface area contributed by atoms with Crippen LogP contribution in [-0.2, 0) is 19.9 Å². The summed E-state index contributed by atoms with van der Waals surface area (Å²) in [7, 11) is 0. The summed E-state index contributed by atoms with van der Waals surface area (Å²) in [5.74, 6) is -1.65. The fourth-order valence-corrected chi connectivity index (χ4v) is 4.84. The lowest BCUT2D eigenvalue weighted by molar-refractivity contribution is -0.142. The van der Waals surface area contributed by atoms with Crippen LogP contribution in [0.1, 0.15) is 25.8 Å². The number of anilines is 1. The minimum absolute atomic E-state index is 0.179. The Kier molecular flexibility index (Phi) is 3.77. The molecule has 2 saturated heterocycles. The molecule has 2 fully saturated rings. The van der Waals surface area contributed by atoms with Crippen molar-refractivity contribution >= 4 is 23.4 Å². The maximum Gasteiger partial charge on any atom is 0.250 e. The third-order valence-electron chi connectivity index (χ3n) is 5.75. The fraction of sp³-hybridized carbons (Fsp3) is 0.450. The van der Waals surface area contributed by atoms with E-state index in [1.165, 1.54) is 4.90 Å². The maximum atomic E-state index is 13.2. The SMILES string of the molecule is C=CCN1C(=O)[C@@H]2[C@H](CC(C)C)N[C@@]3(C(=O)Nc4ccccc43)[C@@H]2C1=O. The minimum atomic E-state index is -1.18. The van der Waals surface area contributed by atoms with Gasteiger partial charge in [-0.3, -0.25) is 24.6 Å². The Morgan fingerprint density at radius 3 is 2.65 bits per heavy atom. The van der Waals surface area contributed by atoms with Crippen LogP contribution >= 0.6 is 0 Å². The van der Waals surface area contributed by atoms with Crippen molar-refractivity contribution < 1.29 is 14.4 Å². The number of likely N-dealkylation sites (tertiary alicyclic amines) is 1. The maximum absolute atomic E-state index is 13.2. The van der Waals surface area contributed by atoms with Crippen molar-refractivity contribution in [1.82, 2.24) is 10.2 Å². The van der Waals surface area contributed by atoms with Gasteiger partial charge in [0.15, 0.2) is 0 Å². The van der Waals surface area contributed by atoms with Crippen molar-refractivity contribution in [2.75, 3.05) is 11.9 Å². The van der Waals surface area contributed by atoms with Crippen molar-refractivity contribution in [3.05, 3.63) is 42.5 Å². The number of para-hydroxylation sites is 1. The highest BCUT2D eigenvalue weighted by Gasteiger charge is 2.70. The second-order valence-corrected chi connectivity index (χ2v) is 7.77. The summed E-state index contributed by atoms with van der Waals surface area (Å²) in [4.78, 5) is 40.5. The Hall–Kier alpha value is -2.47. The molecule has 3 amide bonds. The first-order valence-corrected chi connectivity index (χ1v) is 9.06. The van der Waals surface area contributed by atoms with E-state index < -0.39 is 17.4 Å². The molecule has 6 nitrogen and oxygen atoms in total. The Bertz CT molecular complexity index is 818. The molecule has 4 rings (SSSR count). The van der Waals surface area contributed by atoms with E-state index in [1.807, 2.05) is 24.3 Å². The normalized spacial score (nSPS) is 32.3. The molecule has 3 heterocycles. The van der Waals surface area contributed by atoms with Crippen LogP contribution in [0.25, 0.3) is 0 Å². The number of nitrogens with one attached hydrogen (secondary N) is 2. The Morgan fingerprint density at radius 2 is 1.96 bits per heavy atom. The summed E-state index contributed by atoms with van der Waals surface area (Å²) in [5.41, 5.74) is 0.285. The molecule has 0 aliphatic carbocycles. The highest BCUT2D eigenvalue weighted by molar-refractivity contribution is 6.15. The molecule has 3 aliphatic heterocycles. The molecule has 1 aromatic carbocycles. The highest BCUT2D eigenvalue weighted by Crippen LogP contribution is 2.53. The van der Waals surface area contributed by atoms with E-state index in [1.54, 1.807) is 6.08 Å². The highest BCUT2D eigenvalue weighted by atomic mass is 16.2. The van der Waals surface area contributed by atoms with Crippen molar-refractivity contribution in [2.45, 2.75) is 31.8 Å². The van der Waals surface area contributed by atoms with Crippen LogP contribution in [0.3, 0.4) is 0 Å². The van der Waals surface area contributed by atoms with Crippen molar-refractivity contribution in [3.63, 3.8) is 0 Å². The number of benzene rings is 1. The van der Waals surface area contributed by atoms with Crippen LogP contribution < -0.4 is 10.6 Å². The van der Waals surface area contributed by atoms with Crippen LogP contribution in [0.4, 0.5) is 5.69 Å². The van der Waals surface area contributed by atoms with Gasteiger partial charge in [-0.2, -0.15) is 0 Å². The monoisotopic (exact) mass is 353 g/mol. The van der Waals surface area contributed by atoms with Gasteiger partial charge in [0.2, 0.25) is 17.7 Å². The first-order valence-electron chi connectivity index (χ1n) is 9.06. The molecular weight excluding hydrogens is 330 g/mol. The zero-order valence-corrected chi connectivity index (χ0v) is 15.0. The number of rotatable bonds is 4. The third kappa shape index (κ3) is 2.05. The zero-order chi connectivity index (χ0) is 18.6. The molecule has 3 aliphatic rings. The molecule has 6 heteroatoms. The zero-order valence-electron chi connectivity index (χ0n) is 15.0. The molecule has 0 bridgehead atoms. The summed E-state index contributed by atoms with van der Waals surface area (Å²) < 4.78 is 0. The van der Waals surface area contributed by atoms with Crippen LogP contribution in [0.15, 0.2) is 36.9 Å². The molecule has 0 unspecified atom stereocenters. The molecular formula is C20H23N3O3. The smallest absolute Gasteiger partial charge is 0.250 e. The van der Waals surface area contributed by atoms with Gasteiger partial charge >= 0.3 is 0 Å². The van der Waals surface area contributed by atoms with E-state index in [2.05, 4.69) is 31.1 Å². The number of imide groups is 1. The molecule has 136 valence electrons. The van der Waals surface area contributed by atoms with E-state index in [0.29, 0.717) is 11.6 Å². The topological polar surface area (TPSA) is 78.5 Å². The van der Waals surface area contributed by atoms with Gasteiger partial charge in [-0.05, 0) is 18.4 Å². The van der Waals surface area contributed by atoms with Crippen LogP contribution in [0.2, 0.25) is 0 Å². The fourth-order valence-electron chi connectivity index (χ4n) is 4.84. The molecule has 0 aromatic heterocycles. The number of nitrogens with zero attached hydrogens (tertiary/aromatic N) is 1. The van der Waals surface area contributed by atoms with E-state index >= 15 is 0 Å². The molecule has 4 atom stereocenters. The van der Waals surface area contributed by atoms with Crippen LogP contribution in [-0.4, -0.2) is 35.2 Å². The predicted molar refractivity (Wildman–Crippen MR) is 97.0 cm³/mol. The average molecular weight is 353 g/mol. The second-order valence-electron chi connectivity index (χ2n) is 7.77. The Labute approximate surface area is 152 Å². The van der Waals surface area contributed by atoms with Crippen molar-refractivity contribution in [2.24, 2.45) is 17.8 Å². The quantitative estimate of drug-likeness (QED) is 0.637. The van der Waals surface area contributed by atoms with Crippen LogP contribution in [0, 0.1) is 17.8 Å². The lowest BCUT2D eigenvalue weighted by atomic mass is 9.76. The van der Waals surface area contributed by atoms with E-state index in [4.69, 9.17) is 0 Å². The largest absolute Gasteiger partial charge is 0.324 e. The van der Waals surface area contributed by atoms with Crippen molar-refractivity contribution in [1.29, 1.82) is 0 Å². The average Bonchev–Trinajstić information content (AvgIpc) is 3.15. The van der Waals surface area contributed by atoms with Gasteiger partial charge in [-0.1, -0.05) is 38.1 Å². The lowest BCUT2D eigenvalue weighted by Crippen LogP contribution is -2.53.